The second kappa shape index (κ2) is 4.73. The third-order valence-corrected chi connectivity index (χ3v) is 4.66. The lowest BCUT2D eigenvalue weighted by Gasteiger charge is -2.28. The van der Waals surface area contributed by atoms with Crippen molar-refractivity contribution in [1.82, 2.24) is 0 Å². The third-order valence-electron chi connectivity index (χ3n) is 4.66. The van der Waals surface area contributed by atoms with E-state index in [-0.39, 0.29) is 0 Å². The van der Waals surface area contributed by atoms with Gasteiger partial charge in [0.2, 0.25) is 0 Å². The molecular formula is C19H20N2. The molecule has 2 aromatic carbocycles. The van der Waals surface area contributed by atoms with Crippen molar-refractivity contribution in [2.75, 3.05) is 5.32 Å². The number of rotatable bonds is 2. The fourth-order valence-electron chi connectivity index (χ4n) is 3.26. The van der Waals surface area contributed by atoms with E-state index >= 15 is 0 Å². The zero-order chi connectivity index (χ0) is 14.3. The highest BCUT2D eigenvalue weighted by Gasteiger charge is 2.49. The van der Waals surface area contributed by atoms with E-state index in [2.05, 4.69) is 60.8 Å². The molecule has 1 N–H and O–H groups in total. The normalized spacial score (nSPS) is 20.1. The Hall–Kier alpha value is -2.09. The third kappa shape index (κ3) is 2.35. The van der Waals surface area contributed by atoms with Gasteiger partial charge in [0, 0.05) is 11.1 Å². The summed E-state index contributed by atoms with van der Waals surface area (Å²) in [5.41, 5.74) is 5.57. The Morgan fingerprint density at radius 1 is 1.10 bits per heavy atom. The smallest absolute Gasteiger partial charge is 0.108 e. The summed E-state index contributed by atoms with van der Waals surface area (Å²) in [7, 11) is 0. The summed E-state index contributed by atoms with van der Waals surface area (Å²) in [6, 6.07) is 17.2. The molecule has 1 heterocycles. The van der Waals surface area contributed by atoms with Gasteiger partial charge >= 0.3 is 0 Å². The van der Waals surface area contributed by atoms with Gasteiger partial charge in [0.25, 0.3) is 0 Å². The van der Waals surface area contributed by atoms with Gasteiger partial charge in [-0.15, -0.1) is 0 Å². The highest BCUT2D eigenvalue weighted by molar-refractivity contribution is 6.04. The number of nitrogens with zero attached hydrogens (tertiary/aromatic N) is 1. The number of benzene rings is 2. The molecule has 2 aromatic rings. The average Bonchev–Trinajstić information content (AvgIpc) is 3.25. The molecule has 2 heteroatoms. The summed E-state index contributed by atoms with van der Waals surface area (Å²) >= 11 is 0. The van der Waals surface area contributed by atoms with Gasteiger partial charge in [-0.1, -0.05) is 48.0 Å². The minimum Gasteiger partial charge on any atom is -0.343 e. The number of anilines is 1. The average molecular weight is 276 g/mol. The van der Waals surface area contributed by atoms with Gasteiger partial charge in [-0.2, -0.15) is 0 Å². The number of nitrogens with one attached hydrogen (secondary N) is 1. The van der Waals surface area contributed by atoms with Crippen molar-refractivity contribution in [2.45, 2.75) is 32.7 Å². The SMILES string of the molecule is Cc1cccc(CN=C2Nc3ccccc3CC23CC3)c1. The summed E-state index contributed by atoms with van der Waals surface area (Å²) in [6.07, 6.45) is 3.67. The van der Waals surface area contributed by atoms with Gasteiger partial charge in [-0.25, -0.2) is 0 Å². The Kier molecular flexibility index (Phi) is 2.85. The van der Waals surface area contributed by atoms with Crippen molar-refractivity contribution >= 4 is 11.5 Å². The van der Waals surface area contributed by atoms with Crippen molar-refractivity contribution in [1.29, 1.82) is 0 Å². The van der Waals surface area contributed by atoms with E-state index in [0.717, 1.165) is 13.0 Å². The first-order valence-electron chi connectivity index (χ1n) is 7.71. The van der Waals surface area contributed by atoms with Crippen LogP contribution < -0.4 is 5.32 Å². The fourth-order valence-corrected chi connectivity index (χ4v) is 3.26. The lowest BCUT2D eigenvalue weighted by molar-refractivity contribution is 0.676. The van der Waals surface area contributed by atoms with Crippen LogP contribution in [-0.2, 0) is 13.0 Å². The quantitative estimate of drug-likeness (QED) is 0.867. The molecule has 0 saturated heterocycles. The second-order valence-corrected chi connectivity index (χ2v) is 6.39. The molecule has 1 fully saturated rings. The predicted molar refractivity (Wildman–Crippen MR) is 87.8 cm³/mol. The van der Waals surface area contributed by atoms with Crippen molar-refractivity contribution in [3.63, 3.8) is 0 Å². The standard InChI is InChI=1S/C19H20N2/c1-14-5-4-6-15(11-14)13-20-18-19(9-10-19)12-16-7-2-3-8-17(16)21-18/h2-8,11H,9-10,12-13H2,1H3,(H,20,21). The van der Waals surface area contributed by atoms with Crippen LogP contribution in [0.15, 0.2) is 53.5 Å². The molecule has 1 aliphatic heterocycles. The van der Waals surface area contributed by atoms with Crippen molar-refractivity contribution in [3.05, 3.63) is 65.2 Å². The molecule has 1 aliphatic carbocycles. The van der Waals surface area contributed by atoms with Crippen LogP contribution in [0.1, 0.15) is 29.5 Å². The lowest BCUT2D eigenvalue weighted by atomic mass is 9.90. The van der Waals surface area contributed by atoms with Gasteiger partial charge < -0.3 is 5.32 Å². The Labute approximate surface area is 125 Å². The number of hydrogen-bond acceptors (Lipinski definition) is 1. The topological polar surface area (TPSA) is 24.4 Å². The van der Waals surface area contributed by atoms with E-state index in [1.54, 1.807) is 0 Å². The number of aliphatic imine (C=N–C) groups is 1. The number of fused-ring (bicyclic) bond motifs is 1. The maximum absolute atomic E-state index is 4.91. The number of hydrogen-bond donors (Lipinski definition) is 1. The molecule has 0 radical (unpaired) electrons. The highest BCUT2D eigenvalue weighted by atomic mass is 15.0. The molecule has 2 aliphatic rings. The monoisotopic (exact) mass is 276 g/mol. The molecule has 4 rings (SSSR count). The lowest BCUT2D eigenvalue weighted by Crippen LogP contribution is -2.31. The summed E-state index contributed by atoms with van der Waals surface area (Å²) in [5.74, 6) is 1.20. The van der Waals surface area contributed by atoms with Crippen LogP contribution in [0, 0.1) is 12.3 Å². The molecular weight excluding hydrogens is 256 g/mol. The van der Waals surface area contributed by atoms with Crippen LogP contribution in [0.4, 0.5) is 5.69 Å². The zero-order valence-electron chi connectivity index (χ0n) is 12.4. The van der Waals surface area contributed by atoms with Crippen LogP contribution in [-0.4, -0.2) is 5.84 Å². The number of aryl methyl sites for hydroxylation is 1. The van der Waals surface area contributed by atoms with Crippen LogP contribution in [0.2, 0.25) is 0 Å². The Morgan fingerprint density at radius 2 is 1.95 bits per heavy atom. The Morgan fingerprint density at radius 3 is 2.76 bits per heavy atom. The predicted octanol–water partition coefficient (Wildman–Crippen LogP) is 4.34. The number of para-hydroxylation sites is 1. The Balaban J connectivity index is 1.61. The molecule has 0 bridgehead atoms. The fraction of sp³-hybridized carbons (Fsp3) is 0.316. The zero-order valence-corrected chi connectivity index (χ0v) is 12.4. The van der Waals surface area contributed by atoms with E-state index in [0.29, 0.717) is 5.41 Å². The maximum atomic E-state index is 4.91. The van der Waals surface area contributed by atoms with Crippen molar-refractivity contribution in [2.24, 2.45) is 10.4 Å². The van der Waals surface area contributed by atoms with Crippen LogP contribution >= 0.6 is 0 Å². The molecule has 21 heavy (non-hydrogen) atoms. The van der Waals surface area contributed by atoms with E-state index < -0.39 is 0 Å². The molecule has 0 aromatic heterocycles. The maximum Gasteiger partial charge on any atom is 0.108 e. The molecule has 2 nitrogen and oxygen atoms in total. The van der Waals surface area contributed by atoms with Crippen LogP contribution in [0.3, 0.4) is 0 Å². The first kappa shape index (κ1) is 12.6. The molecule has 0 atom stereocenters. The van der Waals surface area contributed by atoms with Gasteiger partial charge in [-0.3, -0.25) is 4.99 Å². The molecule has 106 valence electrons. The minimum absolute atomic E-state index is 0.304. The van der Waals surface area contributed by atoms with E-state index in [9.17, 15) is 0 Å². The van der Waals surface area contributed by atoms with E-state index in [1.165, 1.54) is 41.1 Å². The first-order valence-corrected chi connectivity index (χ1v) is 7.71. The number of amidine groups is 1. The first-order chi connectivity index (χ1) is 10.3. The van der Waals surface area contributed by atoms with Gasteiger partial charge in [-0.05, 0) is 43.4 Å². The molecule has 0 amide bonds. The molecule has 1 spiro atoms. The summed E-state index contributed by atoms with van der Waals surface area (Å²) < 4.78 is 0. The highest BCUT2D eigenvalue weighted by Crippen LogP contribution is 2.52. The van der Waals surface area contributed by atoms with E-state index in [4.69, 9.17) is 4.99 Å². The second-order valence-electron chi connectivity index (χ2n) is 6.39. The minimum atomic E-state index is 0.304. The summed E-state index contributed by atoms with van der Waals surface area (Å²) in [6.45, 7) is 2.90. The van der Waals surface area contributed by atoms with Crippen LogP contribution in [0.25, 0.3) is 0 Å². The van der Waals surface area contributed by atoms with Gasteiger partial charge in [0.1, 0.15) is 5.84 Å². The van der Waals surface area contributed by atoms with Crippen molar-refractivity contribution < 1.29 is 0 Å². The summed E-state index contributed by atoms with van der Waals surface area (Å²) in [5, 5.41) is 3.58. The van der Waals surface area contributed by atoms with Gasteiger partial charge in [0.05, 0.1) is 6.54 Å². The van der Waals surface area contributed by atoms with E-state index in [1.807, 2.05) is 0 Å². The summed E-state index contributed by atoms with van der Waals surface area (Å²) in [4.78, 5) is 4.91. The van der Waals surface area contributed by atoms with Crippen molar-refractivity contribution in [3.8, 4) is 0 Å². The largest absolute Gasteiger partial charge is 0.343 e. The van der Waals surface area contributed by atoms with Gasteiger partial charge in [0.15, 0.2) is 0 Å². The molecule has 1 saturated carbocycles. The van der Waals surface area contributed by atoms with Crippen LogP contribution in [0.5, 0.6) is 0 Å². The molecule has 0 unspecified atom stereocenters. The Bertz CT molecular complexity index is 711.